The van der Waals surface area contributed by atoms with Crippen LogP contribution in [0.2, 0.25) is 0 Å². The van der Waals surface area contributed by atoms with Gasteiger partial charge in [0.1, 0.15) is 18.0 Å². The van der Waals surface area contributed by atoms with E-state index in [1.807, 2.05) is 6.07 Å². The van der Waals surface area contributed by atoms with Crippen LogP contribution in [0.25, 0.3) is 11.1 Å². The van der Waals surface area contributed by atoms with Crippen molar-refractivity contribution >= 4 is 27.7 Å². The molecule has 12 heteroatoms. The molecular formula is C32H38F2N4O5S. The number of aryl methyl sites for hydroxylation is 1. The maximum atomic E-state index is 13.7. The molecule has 0 atom stereocenters. The van der Waals surface area contributed by atoms with Gasteiger partial charge in [0, 0.05) is 17.5 Å². The van der Waals surface area contributed by atoms with Crippen molar-refractivity contribution in [2.24, 2.45) is 4.99 Å². The first-order valence-corrected chi connectivity index (χ1v) is 16.5. The van der Waals surface area contributed by atoms with E-state index in [2.05, 4.69) is 16.8 Å². The van der Waals surface area contributed by atoms with Crippen LogP contribution in [0, 0.1) is 13.8 Å². The SMILES string of the molecule is CCCCC1=NC2(CCCC2)C(=O)N1Cc1ccc(-c2ccccc2S(=O)(=O)Nc2onc(C)c2C)c(COCC(F)F)c1. The number of halogens is 2. The minimum atomic E-state index is -4.13. The molecule has 1 aliphatic heterocycles. The highest BCUT2D eigenvalue weighted by molar-refractivity contribution is 7.92. The Hall–Kier alpha value is -3.64. The topological polar surface area (TPSA) is 114 Å². The van der Waals surface area contributed by atoms with Gasteiger partial charge in [-0.15, -0.1) is 0 Å². The molecule has 44 heavy (non-hydrogen) atoms. The highest BCUT2D eigenvalue weighted by atomic mass is 32.2. The molecule has 0 bridgehead atoms. The number of carbonyl (C=O) groups excluding carboxylic acids is 1. The van der Waals surface area contributed by atoms with Gasteiger partial charge < -0.3 is 9.26 Å². The summed E-state index contributed by atoms with van der Waals surface area (Å²) in [7, 11) is -4.13. The molecule has 5 rings (SSSR count). The number of amidine groups is 1. The van der Waals surface area contributed by atoms with Crippen LogP contribution in [0.1, 0.15) is 74.3 Å². The first-order chi connectivity index (χ1) is 21.0. The summed E-state index contributed by atoms with van der Waals surface area (Å²) in [6.07, 6.45) is 3.36. The maximum Gasteiger partial charge on any atom is 0.264 e. The number of aliphatic imine (C=N–C) groups is 1. The summed E-state index contributed by atoms with van der Waals surface area (Å²) in [4.78, 5) is 20.4. The van der Waals surface area contributed by atoms with E-state index in [1.165, 1.54) is 6.07 Å². The Kier molecular flexibility index (Phi) is 9.50. The average Bonchev–Trinajstić information content (AvgIpc) is 3.67. The number of anilines is 1. The van der Waals surface area contributed by atoms with E-state index in [-0.39, 0.29) is 29.8 Å². The van der Waals surface area contributed by atoms with Gasteiger partial charge in [-0.25, -0.2) is 21.9 Å². The van der Waals surface area contributed by atoms with E-state index >= 15 is 0 Å². The second-order valence-corrected chi connectivity index (χ2v) is 13.1. The number of hydrogen-bond donors (Lipinski definition) is 1. The normalized spacial score (nSPS) is 16.4. The molecule has 1 aliphatic carbocycles. The molecule has 0 unspecified atom stereocenters. The summed E-state index contributed by atoms with van der Waals surface area (Å²) >= 11 is 0. The van der Waals surface area contributed by atoms with E-state index < -0.39 is 28.6 Å². The van der Waals surface area contributed by atoms with E-state index in [0.717, 1.165) is 49.9 Å². The third-order valence-electron chi connectivity index (χ3n) is 8.35. The number of hydrogen-bond acceptors (Lipinski definition) is 7. The number of alkyl halides is 2. The van der Waals surface area contributed by atoms with Crippen LogP contribution in [0.5, 0.6) is 0 Å². The van der Waals surface area contributed by atoms with Crippen molar-refractivity contribution in [3.63, 3.8) is 0 Å². The van der Waals surface area contributed by atoms with Crippen LogP contribution in [-0.4, -0.2) is 48.8 Å². The smallest absolute Gasteiger partial charge is 0.264 e. The largest absolute Gasteiger partial charge is 0.371 e. The van der Waals surface area contributed by atoms with Gasteiger partial charge in [0.05, 0.1) is 23.7 Å². The minimum Gasteiger partial charge on any atom is -0.371 e. The monoisotopic (exact) mass is 628 g/mol. The summed E-state index contributed by atoms with van der Waals surface area (Å²) in [6, 6.07) is 11.8. The van der Waals surface area contributed by atoms with Crippen LogP contribution in [-0.2, 0) is 32.7 Å². The Labute approximate surface area is 256 Å². The lowest BCUT2D eigenvalue weighted by Crippen LogP contribution is -2.40. The summed E-state index contributed by atoms with van der Waals surface area (Å²) in [5.41, 5.74) is 2.61. The zero-order valence-corrected chi connectivity index (χ0v) is 26.1. The molecule has 0 saturated heterocycles. The van der Waals surface area contributed by atoms with Gasteiger partial charge in [-0.3, -0.25) is 14.7 Å². The van der Waals surface area contributed by atoms with Crippen molar-refractivity contribution in [2.75, 3.05) is 11.3 Å². The van der Waals surface area contributed by atoms with Gasteiger partial charge in [0.15, 0.2) is 0 Å². The summed E-state index contributed by atoms with van der Waals surface area (Å²) in [5.74, 6) is 0.823. The second kappa shape index (κ2) is 13.2. The van der Waals surface area contributed by atoms with Crippen molar-refractivity contribution in [3.8, 4) is 11.1 Å². The number of sulfonamides is 1. The molecule has 1 saturated carbocycles. The van der Waals surface area contributed by atoms with Crippen molar-refractivity contribution in [2.45, 2.75) is 95.7 Å². The van der Waals surface area contributed by atoms with Crippen molar-refractivity contribution in [1.29, 1.82) is 0 Å². The fraction of sp³-hybridized carbons (Fsp3) is 0.469. The van der Waals surface area contributed by atoms with Gasteiger partial charge in [0.25, 0.3) is 22.4 Å². The highest BCUT2D eigenvalue weighted by Crippen LogP contribution is 2.40. The van der Waals surface area contributed by atoms with E-state index in [9.17, 15) is 22.0 Å². The Morgan fingerprint density at radius 2 is 1.86 bits per heavy atom. The van der Waals surface area contributed by atoms with E-state index in [0.29, 0.717) is 34.4 Å². The molecule has 9 nitrogen and oxygen atoms in total. The molecule has 2 heterocycles. The van der Waals surface area contributed by atoms with Crippen LogP contribution in [0.15, 0.2) is 56.9 Å². The number of aromatic nitrogens is 1. The fourth-order valence-electron chi connectivity index (χ4n) is 5.88. The first kappa shape index (κ1) is 31.8. The molecule has 236 valence electrons. The quantitative estimate of drug-likeness (QED) is 0.223. The Balaban J connectivity index is 1.50. The van der Waals surface area contributed by atoms with Crippen molar-refractivity contribution in [3.05, 3.63) is 64.8 Å². The zero-order valence-electron chi connectivity index (χ0n) is 25.2. The van der Waals surface area contributed by atoms with Gasteiger partial charge in [-0.1, -0.05) is 67.7 Å². The molecule has 0 radical (unpaired) electrons. The number of rotatable bonds is 13. The number of ether oxygens (including phenoxy) is 1. The molecule has 2 aliphatic rings. The molecule has 2 aromatic carbocycles. The Morgan fingerprint density at radius 3 is 2.55 bits per heavy atom. The standard InChI is InChI=1S/C32H38F2N4O5S/c1-4-5-12-29-35-32(15-8-9-16-32)31(39)38(29)18-23-13-14-25(24(17-23)19-42-20-28(33)34)26-10-6-7-11-27(26)44(40,41)37-30-21(2)22(3)36-43-30/h6-7,10-11,13-14,17,28,37H,4-5,8-9,12,15-16,18-20H2,1-3H3. The number of carbonyl (C=O) groups is 1. The first-order valence-electron chi connectivity index (χ1n) is 15.0. The Morgan fingerprint density at radius 1 is 1.11 bits per heavy atom. The van der Waals surface area contributed by atoms with Gasteiger partial charge >= 0.3 is 0 Å². The predicted molar refractivity (Wildman–Crippen MR) is 163 cm³/mol. The van der Waals surface area contributed by atoms with Crippen molar-refractivity contribution in [1.82, 2.24) is 10.1 Å². The summed E-state index contributed by atoms with van der Waals surface area (Å²) in [5, 5.41) is 3.82. The van der Waals surface area contributed by atoms with Crippen LogP contribution < -0.4 is 4.72 Å². The molecule has 3 aromatic rings. The summed E-state index contributed by atoms with van der Waals surface area (Å²) in [6.45, 7) is 4.83. The molecule has 1 aromatic heterocycles. The van der Waals surface area contributed by atoms with Crippen LogP contribution in [0.3, 0.4) is 0 Å². The Bertz CT molecular complexity index is 1650. The van der Waals surface area contributed by atoms with Gasteiger partial charge in [-0.2, -0.15) is 0 Å². The fourth-order valence-corrected chi connectivity index (χ4v) is 7.15. The number of nitrogens with one attached hydrogen (secondary N) is 1. The highest BCUT2D eigenvalue weighted by Gasteiger charge is 2.49. The van der Waals surface area contributed by atoms with Crippen LogP contribution >= 0.6 is 0 Å². The van der Waals surface area contributed by atoms with Crippen LogP contribution in [0.4, 0.5) is 14.7 Å². The molecule has 1 fully saturated rings. The summed E-state index contributed by atoms with van der Waals surface area (Å²) < 4.78 is 66.2. The lowest BCUT2D eigenvalue weighted by molar-refractivity contribution is -0.131. The predicted octanol–water partition coefficient (Wildman–Crippen LogP) is 6.78. The van der Waals surface area contributed by atoms with E-state index in [1.54, 1.807) is 49.1 Å². The molecule has 1 N–H and O–H groups in total. The number of benzene rings is 2. The third kappa shape index (κ3) is 6.56. The lowest BCUT2D eigenvalue weighted by atomic mass is 9.96. The van der Waals surface area contributed by atoms with Crippen molar-refractivity contribution < 1.29 is 31.3 Å². The second-order valence-electron chi connectivity index (χ2n) is 11.5. The number of nitrogens with zero attached hydrogens (tertiary/aromatic N) is 3. The number of amides is 1. The lowest BCUT2D eigenvalue weighted by Gasteiger charge is -2.23. The van der Waals surface area contributed by atoms with Gasteiger partial charge in [-0.05, 0) is 55.9 Å². The maximum absolute atomic E-state index is 13.7. The zero-order chi connectivity index (χ0) is 31.5. The third-order valence-corrected chi connectivity index (χ3v) is 9.73. The molecular weight excluding hydrogens is 590 g/mol. The average molecular weight is 629 g/mol. The molecule has 1 spiro atoms. The van der Waals surface area contributed by atoms with Gasteiger partial charge in [0.2, 0.25) is 5.88 Å². The number of unbranched alkanes of at least 4 members (excludes halogenated alkanes) is 1. The molecule has 1 amide bonds. The van der Waals surface area contributed by atoms with E-state index in [4.69, 9.17) is 14.3 Å². The minimum absolute atomic E-state index is 0.0149.